The van der Waals surface area contributed by atoms with Crippen molar-refractivity contribution in [2.75, 3.05) is 19.6 Å². The number of carbonyl (C=O) groups excluding carboxylic acids is 6. The molecule has 0 spiro atoms. The molecule has 21 nitrogen and oxygen atoms in total. The van der Waals surface area contributed by atoms with E-state index in [1.54, 1.807) is 6.20 Å². The third kappa shape index (κ3) is 15.9. The zero-order valence-corrected chi connectivity index (χ0v) is 33.9. The van der Waals surface area contributed by atoms with Crippen LogP contribution >= 0.6 is 0 Å². The maximum atomic E-state index is 13.9. The van der Waals surface area contributed by atoms with E-state index < -0.39 is 103 Å². The molecule has 1 aromatic heterocycles. The van der Waals surface area contributed by atoms with Crippen molar-refractivity contribution in [1.82, 2.24) is 41.5 Å². The van der Waals surface area contributed by atoms with Gasteiger partial charge in [-0.3, -0.25) is 33.6 Å². The molecule has 3 rings (SSSR count). The molecule has 330 valence electrons. The van der Waals surface area contributed by atoms with Gasteiger partial charge in [0.2, 0.25) is 35.4 Å². The minimum absolute atomic E-state index is 0.0284. The van der Waals surface area contributed by atoms with Gasteiger partial charge >= 0.3 is 11.9 Å². The Labute approximate surface area is 347 Å². The van der Waals surface area contributed by atoms with Crippen LogP contribution in [-0.4, -0.2) is 133 Å². The SMILES string of the molecule is CC(C)C[C@H](N)C(=O)N[C@@H](Cc1c[nH]cn1)C(=O)N1CCC[C@H]1C(=O)NCC(=O)N[C@@H](Cc1ccc(O)cc1)C(=O)N[C@@H](CCCCN)C(=O)N[C@@H](CCC(=O)O)C(=O)O. The smallest absolute Gasteiger partial charge is 0.326 e. The molecule has 21 heteroatoms. The summed E-state index contributed by atoms with van der Waals surface area (Å²) in [6.45, 7) is 3.69. The number of benzene rings is 1. The number of H-pyrrole nitrogens is 1. The van der Waals surface area contributed by atoms with Crippen LogP contribution in [0.2, 0.25) is 0 Å². The molecule has 60 heavy (non-hydrogen) atoms. The number of nitrogens with two attached hydrogens (primary N) is 2. The summed E-state index contributed by atoms with van der Waals surface area (Å²) in [5.74, 6) is -6.89. The fraction of sp³-hybridized carbons (Fsp3) is 0.564. The molecule has 1 aromatic carbocycles. The quantitative estimate of drug-likeness (QED) is 0.0502. The normalized spacial score (nSPS) is 16.1. The molecule has 1 fully saturated rings. The van der Waals surface area contributed by atoms with Crippen molar-refractivity contribution < 1.29 is 53.7 Å². The van der Waals surface area contributed by atoms with Crippen molar-refractivity contribution in [1.29, 1.82) is 0 Å². The van der Waals surface area contributed by atoms with E-state index in [-0.39, 0.29) is 50.4 Å². The zero-order chi connectivity index (χ0) is 44.4. The Morgan fingerprint density at radius 3 is 2.15 bits per heavy atom. The second-order valence-electron chi connectivity index (χ2n) is 15.1. The van der Waals surface area contributed by atoms with E-state index in [2.05, 4.69) is 36.6 Å². The number of hydrogen-bond acceptors (Lipinski definition) is 12. The number of aromatic nitrogens is 2. The molecule has 1 aliphatic heterocycles. The van der Waals surface area contributed by atoms with Gasteiger partial charge in [-0.1, -0.05) is 26.0 Å². The minimum Gasteiger partial charge on any atom is -0.508 e. The van der Waals surface area contributed by atoms with Crippen LogP contribution in [0.3, 0.4) is 0 Å². The topological polar surface area (TPSA) is 341 Å². The van der Waals surface area contributed by atoms with Gasteiger partial charge in [-0.05, 0) is 75.1 Å². The number of carbonyl (C=O) groups is 8. The van der Waals surface area contributed by atoms with E-state index in [0.717, 1.165) is 0 Å². The third-order valence-electron chi connectivity index (χ3n) is 9.78. The van der Waals surface area contributed by atoms with Crippen LogP contribution in [-0.2, 0) is 51.2 Å². The number of phenols is 1. The van der Waals surface area contributed by atoms with Gasteiger partial charge in [0.05, 0.1) is 24.6 Å². The summed E-state index contributed by atoms with van der Waals surface area (Å²) in [5, 5.41) is 41.0. The third-order valence-corrected chi connectivity index (χ3v) is 9.78. The predicted octanol–water partition coefficient (Wildman–Crippen LogP) is -1.60. The van der Waals surface area contributed by atoms with E-state index in [1.165, 1.54) is 35.5 Å². The van der Waals surface area contributed by atoms with Crippen LogP contribution in [0.1, 0.15) is 76.5 Å². The Morgan fingerprint density at radius 1 is 0.867 bits per heavy atom. The monoisotopic (exact) mass is 842 g/mol. The van der Waals surface area contributed by atoms with Crippen molar-refractivity contribution >= 4 is 47.4 Å². The Bertz CT molecular complexity index is 1770. The summed E-state index contributed by atoms with van der Waals surface area (Å²) < 4.78 is 0. The number of nitrogens with zero attached hydrogens (tertiary/aromatic N) is 2. The van der Waals surface area contributed by atoms with E-state index >= 15 is 0 Å². The van der Waals surface area contributed by atoms with Crippen LogP contribution in [0.25, 0.3) is 0 Å². The summed E-state index contributed by atoms with van der Waals surface area (Å²) in [5.41, 5.74) is 12.7. The highest BCUT2D eigenvalue weighted by atomic mass is 16.4. The number of aromatic hydroxyl groups is 1. The molecule has 0 aliphatic carbocycles. The number of nitrogens with one attached hydrogen (secondary N) is 6. The summed E-state index contributed by atoms with van der Waals surface area (Å²) in [7, 11) is 0. The van der Waals surface area contributed by atoms with Gasteiger partial charge in [-0.2, -0.15) is 0 Å². The van der Waals surface area contributed by atoms with Crippen molar-refractivity contribution in [3.63, 3.8) is 0 Å². The summed E-state index contributed by atoms with van der Waals surface area (Å²) in [6, 6.07) is -1.36. The number of aromatic amines is 1. The number of unbranched alkanes of at least 4 members (excludes halogenated alkanes) is 1. The summed E-state index contributed by atoms with van der Waals surface area (Å²) in [6.07, 6.45) is 3.94. The minimum atomic E-state index is -1.56. The van der Waals surface area contributed by atoms with Crippen LogP contribution < -0.4 is 38.1 Å². The summed E-state index contributed by atoms with van der Waals surface area (Å²) in [4.78, 5) is 112. The second kappa shape index (κ2) is 24.1. The number of imidazole rings is 1. The fourth-order valence-corrected chi connectivity index (χ4v) is 6.65. The first kappa shape index (κ1) is 48.3. The fourth-order valence-electron chi connectivity index (χ4n) is 6.65. The van der Waals surface area contributed by atoms with Gasteiger partial charge in [0.25, 0.3) is 0 Å². The molecule has 2 aromatic rings. The molecule has 0 radical (unpaired) electrons. The van der Waals surface area contributed by atoms with E-state index in [4.69, 9.17) is 16.6 Å². The maximum Gasteiger partial charge on any atom is 0.326 e. The Hall–Kier alpha value is -6.09. The number of aliphatic carboxylic acids is 2. The lowest BCUT2D eigenvalue weighted by atomic mass is 10.0. The van der Waals surface area contributed by atoms with Crippen molar-refractivity contribution in [2.45, 2.75) is 114 Å². The Morgan fingerprint density at radius 2 is 1.53 bits per heavy atom. The van der Waals surface area contributed by atoms with Gasteiger partial charge in [0.15, 0.2) is 0 Å². The van der Waals surface area contributed by atoms with Gasteiger partial charge in [0, 0.05) is 32.0 Å². The molecule has 13 N–H and O–H groups in total. The first-order chi connectivity index (χ1) is 28.5. The molecule has 2 heterocycles. The molecular formula is C39H58N10O11. The van der Waals surface area contributed by atoms with Gasteiger partial charge in [0.1, 0.15) is 36.0 Å². The zero-order valence-electron chi connectivity index (χ0n) is 33.9. The molecule has 0 bridgehead atoms. The highest BCUT2D eigenvalue weighted by Crippen LogP contribution is 2.20. The molecule has 6 atom stereocenters. The first-order valence-electron chi connectivity index (χ1n) is 19.9. The van der Waals surface area contributed by atoms with E-state index in [0.29, 0.717) is 36.9 Å². The number of likely N-dealkylation sites (tertiary alicyclic amines) is 1. The first-order valence-corrected chi connectivity index (χ1v) is 19.9. The second-order valence-corrected chi connectivity index (χ2v) is 15.1. The van der Waals surface area contributed by atoms with Crippen molar-refractivity contribution in [2.24, 2.45) is 17.4 Å². The van der Waals surface area contributed by atoms with E-state index in [1.807, 2.05) is 13.8 Å². The molecule has 1 saturated heterocycles. The highest BCUT2D eigenvalue weighted by molar-refractivity contribution is 5.96. The van der Waals surface area contributed by atoms with Gasteiger partial charge in [-0.25, -0.2) is 9.78 Å². The Kier molecular flexibility index (Phi) is 19.4. The van der Waals surface area contributed by atoms with Crippen LogP contribution in [0.5, 0.6) is 5.75 Å². The largest absolute Gasteiger partial charge is 0.508 e. The number of rotatable bonds is 25. The van der Waals surface area contributed by atoms with Crippen LogP contribution in [0, 0.1) is 5.92 Å². The van der Waals surface area contributed by atoms with Crippen molar-refractivity contribution in [3.8, 4) is 5.75 Å². The Balaban J connectivity index is 1.74. The lowest BCUT2D eigenvalue weighted by Gasteiger charge is -2.29. The number of hydrogen-bond donors (Lipinski definition) is 11. The average Bonchev–Trinajstić information content (AvgIpc) is 3.91. The van der Waals surface area contributed by atoms with Crippen LogP contribution in [0.4, 0.5) is 0 Å². The number of phenolic OH excluding ortho intramolecular Hbond substituents is 1. The van der Waals surface area contributed by atoms with Crippen molar-refractivity contribution in [3.05, 3.63) is 48.0 Å². The lowest BCUT2D eigenvalue weighted by molar-refractivity contribution is -0.143. The average molecular weight is 843 g/mol. The molecule has 0 saturated carbocycles. The highest BCUT2D eigenvalue weighted by Gasteiger charge is 2.39. The predicted molar refractivity (Wildman–Crippen MR) is 214 cm³/mol. The summed E-state index contributed by atoms with van der Waals surface area (Å²) >= 11 is 0. The van der Waals surface area contributed by atoms with Gasteiger partial charge in [-0.15, -0.1) is 0 Å². The van der Waals surface area contributed by atoms with Gasteiger partial charge < -0.3 is 63.3 Å². The maximum absolute atomic E-state index is 13.9. The number of carboxylic acids is 2. The van der Waals surface area contributed by atoms with E-state index in [9.17, 15) is 48.6 Å². The molecule has 0 unspecified atom stereocenters. The lowest BCUT2D eigenvalue weighted by Crippen LogP contribution is -2.58. The molecular weight excluding hydrogens is 784 g/mol. The van der Waals surface area contributed by atoms with Crippen LogP contribution in [0.15, 0.2) is 36.8 Å². The number of amides is 6. The molecule has 6 amide bonds. The number of carboxylic acid groups (broad SMARTS) is 2. The standard InChI is InChI=1S/C39H58N10O11/c1-22(2)16-26(41)34(54)48-30(18-24-19-42-21-44-24)38(58)49-15-5-7-31(49)37(57)43-20-32(51)45-29(17-23-8-10-25(50)11-9-23)36(56)46-27(6-3-4-14-40)35(55)47-28(39(59)60)12-13-33(52)53/h8-11,19,21-22,26-31,50H,3-7,12-18,20,40-41H2,1-2H3,(H,42,44)(H,43,57)(H,45,51)(H,46,56)(H,47,55)(H,48,54)(H,52,53)(H,59,60)/t26-,27-,28-,29-,30-,31-/m0/s1. The molecule has 1 aliphatic rings.